The Bertz CT molecular complexity index is 3770. The van der Waals surface area contributed by atoms with Gasteiger partial charge in [-0.1, -0.05) is 202 Å². The van der Waals surface area contributed by atoms with Gasteiger partial charge < -0.3 is 9.47 Å². The van der Waals surface area contributed by atoms with Crippen molar-refractivity contribution >= 4 is 50.6 Å². The van der Waals surface area contributed by atoms with Gasteiger partial charge in [0.2, 0.25) is 0 Å². The molecule has 0 unspecified atom stereocenters. The summed E-state index contributed by atoms with van der Waals surface area (Å²) in [5, 5.41) is 2.52. The maximum absolute atomic E-state index is 2.53. The molecule has 0 amide bonds. The van der Waals surface area contributed by atoms with E-state index < -0.39 is 5.41 Å². The van der Waals surface area contributed by atoms with Gasteiger partial charge in [-0.05, 0) is 116 Å². The minimum atomic E-state index is -0.456. The summed E-state index contributed by atoms with van der Waals surface area (Å²) in [4.78, 5) is 5.07. The topological polar surface area (TPSA) is 8.17 Å². The van der Waals surface area contributed by atoms with Crippen LogP contribution in [0, 0.1) is 0 Å². The molecule has 1 aromatic heterocycles. The molecule has 10 aromatic carbocycles. The third-order valence-corrected chi connectivity index (χ3v) is 16.3. The Hall–Kier alpha value is -7.85. The largest absolute Gasteiger partial charge is 0.310 e. The fourth-order valence-electron chi connectivity index (χ4n) is 12.2. The van der Waals surface area contributed by atoms with Gasteiger partial charge in [0, 0.05) is 48.6 Å². The van der Waals surface area contributed by atoms with Crippen LogP contribution in [0.15, 0.2) is 240 Å². The fourth-order valence-corrected chi connectivity index (χ4v) is 13.5. The first-order chi connectivity index (χ1) is 33.0. The summed E-state index contributed by atoms with van der Waals surface area (Å²) >= 11 is 1.92. The van der Waals surface area contributed by atoms with Gasteiger partial charge in [0.1, 0.15) is 0 Å². The Morgan fingerprint density at radius 1 is 0.403 bits per heavy atom. The molecule has 2 aliphatic carbocycles. The molecule has 3 heteroatoms. The van der Waals surface area contributed by atoms with Crippen molar-refractivity contribution in [3.63, 3.8) is 0 Å². The second kappa shape index (κ2) is 14.3. The standard InChI is InChI=1S/C64H44N2S/c1-63(2)52-25-11-6-21-46(52)49-37-36-44(40-57(49)63)65(58-29-15-9-20-45(58)41-18-4-3-5-19-41)42-32-34-43(35-33-42)66-59-30-16-10-24-50(59)51-38-39-56-62(61(51)66)67-60-31-17-14-28-55(60)64(56)53-26-12-7-22-47(53)48-23-8-13-27-54(48)64/h3-40H,1-2H3. The van der Waals surface area contributed by atoms with Gasteiger partial charge in [0.25, 0.3) is 0 Å². The number of nitrogens with zero attached hydrogens (tertiary/aromatic N) is 2. The molecule has 0 atom stereocenters. The number of para-hydroxylation sites is 2. The van der Waals surface area contributed by atoms with Crippen molar-refractivity contribution in [2.75, 3.05) is 4.90 Å². The van der Waals surface area contributed by atoms with Crippen LogP contribution in [0.1, 0.15) is 47.2 Å². The SMILES string of the molecule is CC1(C)c2ccccc2-c2ccc(N(c3ccc(-n4c5ccccc5c5ccc6c(c54)Sc4ccccc4C64c5ccccc5-c5ccccc54)cc3)c3ccccc3-c3ccccc3)cc21. The molecule has 2 nitrogen and oxygen atoms in total. The molecule has 1 aliphatic heterocycles. The average Bonchev–Trinajstić information content (AvgIpc) is 3.96. The number of anilines is 3. The second-order valence-corrected chi connectivity index (χ2v) is 19.8. The van der Waals surface area contributed by atoms with Gasteiger partial charge >= 0.3 is 0 Å². The van der Waals surface area contributed by atoms with Crippen LogP contribution in [-0.2, 0) is 10.8 Å². The fraction of sp³-hybridized carbons (Fsp3) is 0.0625. The Morgan fingerprint density at radius 2 is 0.970 bits per heavy atom. The Morgan fingerprint density at radius 3 is 1.72 bits per heavy atom. The van der Waals surface area contributed by atoms with E-state index in [1.807, 2.05) is 11.8 Å². The van der Waals surface area contributed by atoms with Gasteiger partial charge in [-0.2, -0.15) is 0 Å². The molecule has 3 aliphatic rings. The molecule has 316 valence electrons. The van der Waals surface area contributed by atoms with Gasteiger partial charge in [-0.15, -0.1) is 0 Å². The van der Waals surface area contributed by atoms with E-state index in [9.17, 15) is 0 Å². The summed E-state index contributed by atoms with van der Waals surface area (Å²) < 4.78 is 2.53. The van der Waals surface area contributed by atoms with Crippen molar-refractivity contribution in [1.29, 1.82) is 0 Å². The zero-order valence-corrected chi connectivity index (χ0v) is 38.1. The summed E-state index contributed by atoms with van der Waals surface area (Å²) in [6.45, 7) is 4.73. The minimum Gasteiger partial charge on any atom is -0.310 e. The zero-order chi connectivity index (χ0) is 44.4. The Balaban J connectivity index is 0.990. The molecule has 67 heavy (non-hydrogen) atoms. The maximum Gasteiger partial charge on any atom is 0.0736 e. The lowest BCUT2D eigenvalue weighted by Crippen LogP contribution is -2.32. The van der Waals surface area contributed by atoms with Crippen molar-refractivity contribution in [2.45, 2.75) is 34.5 Å². The third-order valence-electron chi connectivity index (χ3n) is 15.1. The Kier molecular flexibility index (Phi) is 8.21. The van der Waals surface area contributed by atoms with Crippen LogP contribution in [0.5, 0.6) is 0 Å². The maximum atomic E-state index is 2.53. The number of fused-ring (bicyclic) bond motifs is 16. The molecule has 11 aromatic rings. The van der Waals surface area contributed by atoms with Crippen LogP contribution >= 0.6 is 11.8 Å². The summed E-state index contributed by atoms with van der Waals surface area (Å²) in [7, 11) is 0. The van der Waals surface area contributed by atoms with Gasteiger partial charge in [0.15, 0.2) is 0 Å². The van der Waals surface area contributed by atoms with E-state index in [4.69, 9.17) is 0 Å². The van der Waals surface area contributed by atoms with Crippen molar-refractivity contribution in [3.8, 4) is 39.1 Å². The summed E-state index contributed by atoms with van der Waals surface area (Å²) in [5.41, 5.74) is 22.2. The lowest BCUT2D eigenvalue weighted by molar-refractivity contribution is 0.660. The highest BCUT2D eigenvalue weighted by molar-refractivity contribution is 7.99. The average molecular weight is 873 g/mol. The molecule has 0 radical (unpaired) electrons. The Labute approximate surface area is 395 Å². The smallest absolute Gasteiger partial charge is 0.0736 e. The van der Waals surface area contributed by atoms with E-state index in [1.165, 1.54) is 98.4 Å². The van der Waals surface area contributed by atoms with E-state index >= 15 is 0 Å². The van der Waals surface area contributed by atoms with Crippen LogP contribution in [0.2, 0.25) is 0 Å². The van der Waals surface area contributed by atoms with E-state index in [0.29, 0.717) is 0 Å². The van der Waals surface area contributed by atoms with Crippen LogP contribution in [0.4, 0.5) is 17.1 Å². The first-order valence-electron chi connectivity index (χ1n) is 23.3. The summed E-state index contributed by atoms with van der Waals surface area (Å²) in [5.74, 6) is 0. The number of benzene rings is 10. The molecule has 0 fully saturated rings. The van der Waals surface area contributed by atoms with Crippen molar-refractivity contribution in [1.82, 2.24) is 4.57 Å². The highest BCUT2D eigenvalue weighted by atomic mass is 32.2. The molecule has 14 rings (SSSR count). The van der Waals surface area contributed by atoms with Crippen LogP contribution < -0.4 is 4.90 Å². The first kappa shape index (κ1) is 38.4. The molecule has 0 saturated heterocycles. The van der Waals surface area contributed by atoms with E-state index in [0.717, 1.165) is 22.7 Å². The molecular formula is C64H44N2S. The molecule has 0 saturated carbocycles. The lowest BCUT2D eigenvalue weighted by Gasteiger charge is -2.40. The summed E-state index contributed by atoms with van der Waals surface area (Å²) in [6, 6.07) is 86.1. The number of aromatic nitrogens is 1. The molecule has 0 N–H and O–H groups in total. The quantitative estimate of drug-likeness (QED) is 0.170. The second-order valence-electron chi connectivity index (χ2n) is 18.8. The zero-order valence-electron chi connectivity index (χ0n) is 37.2. The highest BCUT2D eigenvalue weighted by Gasteiger charge is 2.50. The predicted molar refractivity (Wildman–Crippen MR) is 280 cm³/mol. The van der Waals surface area contributed by atoms with Crippen molar-refractivity contribution in [3.05, 3.63) is 264 Å². The monoisotopic (exact) mass is 872 g/mol. The molecule has 0 bridgehead atoms. The van der Waals surface area contributed by atoms with Crippen LogP contribution in [0.3, 0.4) is 0 Å². The molecule has 1 spiro atoms. The lowest BCUT2D eigenvalue weighted by atomic mass is 9.67. The van der Waals surface area contributed by atoms with E-state index in [2.05, 4.69) is 254 Å². The van der Waals surface area contributed by atoms with Crippen molar-refractivity contribution < 1.29 is 0 Å². The first-order valence-corrected chi connectivity index (χ1v) is 24.2. The van der Waals surface area contributed by atoms with Crippen molar-refractivity contribution in [2.24, 2.45) is 0 Å². The number of hydrogen-bond acceptors (Lipinski definition) is 2. The van der Waals surface area contributed by atoms with Crippen LogP contribution in [0.25, 0.3) is 60.9 Å². The van der Waals surface area contributed by atoms with E-state index in [-0.39, 0.29) is 5.41 Å². The highest BCUT2D eigenvalue weighted by Crippen LogP contribution is 2.63. The molecule has 2 heterocycles. The molecular weight excluding hydrogens is 829 g/mol. The predicted octanol–water partition coefficient (Wildman–Crippen LogP) is 17.1. The van der Waals surface area contributed by atoms with Gasteiger partial charge in [-0.3, -0.25) is 0 Å². The van der Waals surface area contributed by atoms with Gasteiger partial charge in [0.05, 0.1) is 22.1 Å². The van der Waals surface area contributed by atoms with Gasteiger partial charge in [-0.25, -0.2) is 0 Å². The normalized spacial score (nSPS) is 14.3. The number of rotatable bonds is 5. The third kappa shape index (κ3) is 5.29. The van der Waals surface area contributed by atoms with Crippen LogP contribution in [-0.4, -0.2) is 4.57 Å². The van der Waals surface area contributed by atoms with E-state index in [1.54, 1.807) is 0 Å². The number of hydrogen-bond donors (Lipinski definition) is 0. The minimum absolute atomic E-state index is 0.133. The summed E-state index contributed by atoms with van der Waals surface area (Å²) in [6.07, 6.45) is 0.